The lowest BCUT2D eigenvalue weighted by molar-refractivity contribution is -0.136. The first-order valence-corrected chi connectivity index (χ1v) is 5.71. The number of carboxylic acids is 1. The van der Waals surface area contributed by atoms with Crippen molar-refractivity contribution in [2.45, 2.75) is 26.7 Å². The van der Waals surface area contributed by atoms with Gasteiger partial charge in [0.15, 0.2) is 0 Å². The Hall–Kier alpha value is -2.10. The number of hydrogen-bond donors (Lipinski definition) is 1. The Balaban J connectivity index is 0.000000267. The highest BCUT2D eigenvalue weighted by molar-refractivity contribution is 5.73. The number of aliphatic carboxylic acids is 1. The van der Waals surface area contributed by atoms with Crippen LogP contribution in [0.25, 0.3) is 0 Å². The van der Waals surface area contributed by atoms with E-state index in [0.29, 0.717) is 0 Å². The van der Waals surface area contributed by atoms with Crippen LogP contribution >= 0.6 is 0 Å². The van der Waals surface area contributed by atoms with Gasteiger partial charge in [-0.1, -0.05) is 12.2 Å². The van der Waals surface area contributed by atoms with Gasteiger partial charge in [0.1, 0.15) is 5.76 Å². The highest BCUT2D eigenvalue weighted by Gasteiger charge is 2.32. The van der Waals surface area contributed by atoms with Gasteiger partial charge >= 0.3 is 5.97 Å². The van der Waals surface area contributed by atoms with E-state index in [4.69, 9.17) is 14.6 Å². The average molecular weight is 246 g/mol. The largest absolute Gasteiger partial charge is 0.481 e. The van der Waals surface area contributed by atoms with Gasteiger partial charge in [0.05, 0.1) is 0 Å². The predicted molar refractivity (Wildman–Crippen MR) is 65.6 cm³/mol. The van der Waals surface area contributed by atoms with Gasteiger partial charge in [0, 0.05) is 25.8 Å². The van der Waals surface area contributed by atoms with Crippen molar-refractivity contribution in [3.05, 3.63) is 46.3 Å². The van der Waals surface area contributed by atoms with Gasteiger partial charge in [-0.15, -0.1) is 0 Å². The maximum Gasteiger partial charge on any atom is 0.308 e. The van der Waals surface area contributed by atoms with Crippen molar-refractivity contribution in [2.75, 3.05) is 0 Å². The molecule has 0 fully saturated rings. The molecule has 0 spiro atoms. The lowest BCUT2D eigenvalue weighted by Crippen LogP contribution is -2.00. The zero-order valence-corrected chi connectivity index (χ0v) is 10.3. The molecule has 0 aromatic heterocycles. The number of allylic oxidation sites excluding steroid dienone is 7. The summed E-state index contributed by atoms with van der Waals surface area (Å²) in [5.41, 5.74) is 5.24. The summed E-state index contributed by atoms with van der Waals surface area (Å²) in [6, 6.07) is 0. The van der Waals surface area contributed by atoms with Crippen molar-refractivity contribution in [2.24, 2.45) is 0 Å². The van der Waals surface area contributed by atoms with Gasteiger partial charge in [0.25, 0.3) is 5.97 Å². The number of carboxylic acid groups (broad SMARTS) is 1. The van der Waals surface area contributed by atoms with E-state index in [9.17, 15) is 4.79 Å². The van der Waals surface area contributed by atoms with Gasteiger partial charge in [-0.25, -0.2) is 0 Å². The summed E-state index contributed by atoms with van der Waals surface area (Å²) >= 11 is 0. The van der Waals surface area contributed by atoms with Crippen molar-refractivity contribution in [3.63, 3.8) is 0 Å². The first-order valence-electron chi connectivity index (χ1n) is 5.71. The molecule has 0 unspecified atom stereocenters. The molecule has 18 heavy (non-hydrogen) atoms. The molecule has 4 heteroatoms. The normalized spacial score (nSPS) is 18.4. The fourth-order valence-corrected chi connectivity index (χ4v) is 2.34. The molecule has 0 saturated heterocycles. The molecule has 0 aromatic rings. The summed E-state index contributed by atoms with van der Waals surface area (Å²) in [5, 5.41) is 7.42. The Morgan fingerprint density at radius 1 is 1.28 bits per heavy atom. The molecule has 3 aliphatic carbocycles. The Bertz CT molecular complexity index is 540. The molecule has 0 aliphatic heterocycles. The third-order valence-electron chi connectivity index (χ3n) is 2.87. The number of rotatable bonds is 1. The van der Waals surface area contributed by atoms with E-state index in [1.165, 1.54) is 29.2 Å². The summed E-state index contributed by atoms with van der Waals surface area (Å²) < 4.78 is 5.16. The summed E-state index contributed by atoms with van der Waals surface area (Å²) in [6.45, 7) is 2.53. The van der Waals surface area contributed by atoms with Crippen LogP contribution in [0.2, 0.25) is 0 Å². The van der Waals surface area contributed by atoms with Crippen molar-refractivity contribution < 1.29 is 19.4 Å². The summed E-state index contributed by atoms with van der Waals surface area (Å²) in [5.74, 6) is -0.292. The molecule has 0 saturated carbocycles. The number of fused-ring (bicyclic) bond motifs is 4. The zero-order chi connectivity index (χ0) is 13.3. The molecule has 3 rings (SSSR count). The van der Waals surface area contributed by atoms with Crippen LogP contribution in [0.15, 0.2) is 46.3 Å². The lowest BCUT2D eigenvalue weighted by atomic mass is 10.1. The zero-order valence-electron chi connectivity index (χ0n) is 10.3. The van der Waals surface area contributed by atoms with E-state index in [2.05, 4.69) is 12.2 Å². The van der Waals surface area contributed by atoms with E-state index < -0.39 is 5.97 Å². The van der Waals surface area contributed by atoms with Gasteiger partial charge in [-0.05, 0) is 29.2 Å². The van der Waals surface area contributed by atoms with Crippen LogP contribution in [0.3, 0.4) is 0 Å². The van der Waals surface area contributed by atoms with Crippen LogP contribution in [0.5, 0.6) is 0 Å². The highest BCUT2D eigenvalue weighted by atomic mass is 16.5. The molecule has 0 aromatic carbocycles. The average Bonchev–Trinajstić information content (AvgIpc) is 2.82. The number of carbonyl (C=O) groups excluding carboxylic acids is 1. The number of hydrogen-bond acceptors (Lipinski definition) is 3. The molecule has 0 radical (unpaired) electrons. The number of carbonyl (C=O) groups is 2. The molecule has 1 N–H and O–H groups in total. The van der Waals surface area contributed by atoms with Crippen LogP contribution in [0.4, 0.5) is 0 Å². The second kappa shape index (κ2) is 4.64. The van der Waals surface area contributed by atoms with Crippen molar-refractivity contribution in [1.29, 1.82) is 0 Å². The Kier molecular flexibility index (Phi) is 3.19. The fourth-order valence-electron chi connectivity index (χ4n) is 2.34. The van der Waals surface area contributed by atoms with Crippen LogP contribution < -0.4 is 0 Å². The summed E-state index contributed by atoms with van der Waals surface area (Å²) in [4.78, 5) is 19.9. The van der Waals surface area contributed by atoms with E-state index in [0.717, 1.165) is 25.5 Å². The fraction of sp³-hybridized carbons (Fsp3) is 0.286. The maximum absolute atomic E-state index is 10.9. The molecule has 3 aliphatic rings. The number of esters is 1. The molecule has 0 atom stereocenters. The SMILES string of the molecule is CC(=O)O.CC(=O)OC1=C2CC(=C1)C1=C2CC=C1. The van der Waals surface area contributed by atoms with E-state index >= 15 is 0 Å². The second-order valence-corrected chi connectivity index (χ2v) is 4.30. The minimum absolute atomic E-state index is 0.231. The smallest absolute Gasteiger partial charge is 0.308 e. The van der Waals surface area contributed by atoms with Gasteiger partial charge < -0.3 is 9.84 Å². The van der Waals surface area contributed by atoms with Gasteiger partial charge in [0.2, 0.25) is 0 Å². The van der Waals surface area contributed by atoms with Crippen LogP contribution in [-0.4, -0.2) is 17.0 Å². The minimum atomic E-state index is -0.833. The Morgan fingerprint density at radius 2 is 1.94 bits per heavy atom. The summed E-state index contributed by atoms with van der Waals surface area (Å²) in [6.07, 6.45) is 8.27. The van der Waals surface area contributed by atoms with Crippen molar-refractivity contribution in [3.8, 4) is 0 Å². The lowest BCUT2D eigenvalue weighted by Gasteiger charge is -2.08. The molecular formula is C14H14O4. The molecular weight excluding hydrogens is 232 g/mol. The van der Waals surface area contributed by atoms with Crippen LogP contribution in [0.1, 0.15) is 26.7 Å². The quantitative estimate of drug-likeness (QED) is 0.722. The maximum atomic E-state index is 10.9. The molecule has 2 bridgehead atoms. The van der Waals surface area contributed by atoms with E-state index in [1.807, 2.05) is 6.08 Å². The molecule has 0 amide bonds. The van der Waals surface area contributed by atoms with Crippen molar-refractivity contribution in [1.82, 2.24) is 0 Å². The predicted octanol–water partition coefficient (Wildman–Crippen LogP) is 2.49. The Labute approximate surface area is 105 Å². The van der Waals surface area contributed by atoms with Crippen LogP contribution in [0, 0.1) is 0 Å². The van der Waals surface area contributed by atoms with Crippen LogP contribution in [-0.2, 0) is 14.3 Å². The molecule has 0 heterocycles. The molecule has 94 valence electrons. The standard InChI is InChI=1S/C12H10O2.C2H4O2/c1-7(13)14-12-6-8-5-11(12)10-4-2-3-9(8)10;1-2(3)4/h2-3,6H,4-5H2,1H3;1H3,(H,3,4). The highest BCUT2D eigenvalue weighted by Crippen LogP contribution is 2.48. The monoisotopic (exact) mass is 246 g/mol. The topological polar surface area (TPSA) is 63.6 Å². The number of ether oxygens (including phenoxy) is 1. The second-order valence-electron chi connectivity index (χ2n) is 4.30. The van der Waals surface area contributed by atoms with Crippen molar-refractivity contribution >= 4 is 11.9 Å². The third-order valence-corrected chi connectivity index (χ3v) is 2.87. The minimum Gasteiger partial charge on any atom is -0.481 e. The van der Waals surface area contributed by atoms with Gasteiger partial charge in [-0.3, -0.25) is 9.59 Å². The summed E-state index contributed by atoms with van der Waals surface area (Å²) in [7, 11) is 0. The first-order chi connectivity index (χ1) is 8.49. The molecule has 4 nitrogen and oxygen atoms in total. The van der Waals surface area contributed by atoms with E-state index in [1.54, 1.807) is 0 Å². The van der Waals surface area contributed by atoms with Gasteiger partial charge in [-0.2, -0.15) is 0 Å². The first kappa shape index (κ1) is 12.4. The van der Waals surface area contributed by atoms with E-state index in [-0.39, 0.29) is 5.97 Å². The third kappa shape index (κ3) is 2.27. The Morgan fingerprint density at radius 3 is 2.56 bits per heavy atom.